The van der Waals surface area contributed by atoms with Crippen LogP contribution in [0.1, 0.15) is 23.3 Å². The number of nitrogens with zero attached hydrogens (tertiary/aromatic N) is 4. The second-order valence-electron chi connectivity index (χ2n) is 5.37. The molecule has 0 spiro atoms. The van der Waals surface area contributed by atoms with Crippen LogP contribution in [0.4, 0.5) is 5.69 Å². The molecule has 3 rings (SSSR count). The predicted octanol–water partition coefficient (Wildman–Crippen LogP) is 1.38. The van der Waals surface area contributed by atoms with Crippen LogP contribution in [0.15, 0.2) is 36.5 Å². The Morgan fingerprint density at radius 1 is 1.39 bits per heavy atom. The first-order valence-electron chi connectivity index (χ1n) is 7.33. The topological polar surface area (TPSA) is 102 Å². The normalized spacial score (nSPS) is 17.4. The van der Waals surface area contributed by atoms with Gasteiger partial charge in [-0.05, 0) is 25.0 Å². The lowest BCUT2D eigenvalue weighted by molar-refractivity contribution is -0.384. The summed E-state index contributed by atoms with van der Waals surface area (Å²) in [6.07, 6.45) is 3.15. The van der Waals surface area contributed by atoms with Crippen molar-refractivity contribution in [1.29, 1.82) is 0 Å². The molecule has 1 aliphatic heterocycles. The summed E-state index contributed by atoms with van der Waals surface area (Å²) in [5.74, 6) is -0.265. The fourth-order valence-electron chi connectivity index (χ4n) is 2.82. The second-order valence-corrected chi connectivity index (χ2v) is 5.37. The van der Waals surface area contributed by atoms with E-state index in [1.807, 2.05) is 0 Å². The summed E-state index contributed by atoms with van der Waals surface area (Å²) in [6, 6.07) is 7.57. The largest absolute Gasteiger partial charge is 0.394 e. The molecule has 8 heteroatoms. The number of amides is 1. The maximum Gasteiger partial charge on any atom is 0.294 e. The molecule has 0 saturated carbocycles. The zero-order valence-corrected chi connectivity index (χ0v) is 12.3. The highest BCUT2D eigenvalue weighted by atomic mass is 16.6. The van der Waals surface area contributed by atoms with Crippen molar-refractivity contribution in [1.82, 2.24) is 14.7 Å². The maximum atomic E-state index is 12.5. The van der Waals surface area contributed by atoms with E-state index in [1.165, 1.54) is 23.0 Å². The monoisotopic (exact) mass is 316 g/mol. The smallest absolute Gasteiger partial charge is 0.294 e. The molecule has 2 heterocycles. The Kier molecular flexibility index (Phi) is 4.07. The summed E-state index contributed by atoms with van der Waals surface area (Å²) in [4.78, 5) is 24.7. The first-order valence-corrected chi connectivity index (χ1v) is 7.33. The van der Waals surface area contributed by atoms with Crippen LogP contribution in [0, 0.1) is 10.1 Å². The molecule has 0 aliphatic carbocycles. The number of hydrogen-bond donors (Lipinski definition) is 1. The summed E-state index contributed by atoms with van der Waals surface area (Å²) in [5.41, 5.74) is 0.434. The number of aliphatic hydroxyl groups excluding tert-OH is 1. The van der Waals surface area contributed by atoms with Gasteiger partial charge < -0.3 is 10.0 Å². The van der Waals surface area contributed by atoms with Gasteiger partial charge in [-0.2, -0.15) is 5.10 Å². The molecule has 120 valence electrons. The molecule has 1 aliphatic rings. The number of benzene rings is 1. The molecule has 8 nitrogen and oxygen atoms in total. The molecule has 1 saturated heterocycles. The predicted molar refractivity (Wildman–Crippen MR) is 81.4 cm³/mol. The molecule has 1 aromatic heterocycles. The zero-order chi connectivity index (χ0) is 16.4. The molecule has 1 N–H and O–H groups in total. The van der Waals surface area contributed by atoms with Crippen LogP contribution in [0.25, 0.3) is 5.69 Å². The Bertz CT molecular complexity index is 743. The van der Waals surface area contributed by atoms with E-state index >= 15 is 0 Å². The van der Waals surface area contributed by atoms with Gasteiger partial charge in [-0.1, -0.05) is 12.1 Å². The minimum absolute atomic E-state index is 0.0728. The van der Waals surface area contributed by atoms with Crippen LogP contribution in [0.5, 0.6) is 0 Å². The van der Waals surface area contributed by atoms with Crippen LogP contribution >= 0.6 is 0 Å². The number of carbonyl (C=O) groups excluding carboxylic acids is 1. The highest BCUT2D eigenvalue weighted by molar-refractivity contribution is 5.92. The summed E-state index contributed by atoms with van der Waals surface area (Å²) < 4.78 is 1.33. The average molecular weight is 316 g/mol. The molecule has 1 fully saturated rings. The lowest BCUT2D eigenvalue weighted by atomic mass is 10.2. The molecule has 0 unspecified atom stereocenters. The van der Waals surface area contributed by atoms with E-state index in [-0.39, 0.29) is 29.9 Å². The number of hydrogen-bond acceptors (Lipinski definition) is 5. The molecule has 0 bridgehead atoms. The quantitative estimate of drug-likeness (QED) is 0.678. The molecule has 1 atom stereocenters. The van der Waals surface area contributed by atoms with E-state index in [1.54, 1.807) is 23.1 Å². The summed E-state index contributed by atoms with van der Waals surface area (Å²) >= 11 is 0. The first kappa shape index (κ1) is 15.2. The molecule has 23 heavy (non-hydrogen) atoms. The molecular formula is C15H16N4O4. The van der Waals surface area contributed by atoms with E-state index in [2.05, 4.69) is 5.10 Å². The van der Waals surface area contributed by atoms with Crippen LogP contribution in [0.2, 0.25) is 0 Å². The van der Waals surface area contributed by atoms with E-state index in [0.717, 1.165) is 12.8 Å². The Labute approximate surface area is 132 Å². The highest BCUT2D eigenvalue weighted by Crippen LogP contribution is 2.23. The van der Waals surface area contributed by atoms with Gasteiger partial charge in [0.05, 0.1) is 17.6 Å². The molecule has 2 aromatic rings. The van der Waals surface area contributed by atoms with Crippen molar-refractivity contribution in [2.45, 2.75) is 18.9 Å². The van der Waals surface area contributed by atoms with Crippen molar-refractivity contribution in [2.24, 2.45) is 0 Å². The second kappa shape index (κ2) is 6.17. The number of carbonyl (C=O) groups is 1. The number of aromatic nitrogens is 2. The van der Waals surface area contributed by atoms with Crippen LogP contribution in [-0.2, 0) is 0 Å². The van der Waals surface area contributed by atoms with Crippen molar-refractivity contribution in [3.05, 3.63) is 52.3 Å². The average Bonchev–Trinajstić information content (AvgIpc) is 3.23. The van der Waals surface area contributed by atoms with E-state index in [4.69, 9.17) is 0 Å². The molecular weight excluding hydrogens is 300 g/mol. The van der Waals surface area contributed by atoms with E-state index < -0.39 is 4.92 Å². The minimum Gasteiger partial charge on any atom is -0.394 e. The van der Waals surface area contributed by atoms with Gasteiger partial charge in [-0.25, -0.2) is 4.68 Å². The van der Waals surface area contributed by atoms with Gasteiger partial charge in [0, 0.05) is 18.8 Å². The number of rotatable bonds is 4. The number of aliphatic hydroxyl groups is 1. The Hall–Kier alpha value is -2.74. The van der Waals surface area contributed by atoms with Gasteiger partial charge in [0.25, 0.3) is 11.6 Å². The third-order valence-corrected chi connectivity index (χ3v) is 3.98. The standard InChI is InChI=1S/C15H16N4O4/c20-10-11-4-3-8-17(11)15(21)12-7-9-18(16-12)13-5-1-2-6-14(13)19(22)23/h1-2,5-7,9,11,20H,3-4,8,10H2/t11-/m1/s1. The first-order chi connectivity index (χ1) is 11.1. The van der Waals surface area contributed by atoms with Crippen molar-refractivity contribution in [3.8, 4) is 5.69 Å². The minimum atomic E-state index is -0.485. The van der Waals surface area contributed by atoms with Crippen molar-refractivity contribution in [2.75, 3.05) is 13.2 Å². The molecule has 1 amide bonds. The Morgan fingerprint density at radius 3 is 2.91 bits per heavy atom. The third-order valence-electron chi connectivity index (χ3n) is 3.98. The lowest BCUT2D eigenvalue weighted by Gasteiger charge is -2.21. The maximum absolute atomic E-state index is 12.5. The zero-order valence-electron chi connectivity index (χ0n) is 12.3. The van der Waals surface area contributed by atoms with Gasteiger partial charge in [-0.15, -0.1) is 0 Å². The summed E-state index contributed by atoms with van der Waals surface area (Å²) in [6.45, 7) is 0.513. The van der Waals surface area contributed by atoms with Crippen molar-refractivity contribution >= 4 is 11.6 Å². The molecule has 0 radical (unpaired) electrons. The fraction of sp³-hybridized carbons (Fsp3) is 0.333. The molecule has 1 aromatic carbocycles. The summed E-state index contributed by atoms with van der Waals surface area (Å²) in [5, 5.41) is 24.6. The van der Waals surface area contributed by atoms with Gasteiger partial charge >= 0.3 is 0 Å². The number of para-hydroxylation sites is 2. The van der Waals surface area contributed by atoms with Gasteiger partial charge in [0.15, 0.2) is 5.69 Å². The number of likely N-dealkylation sites (tertiary alicyclic amines) is 1. The van der Waals surface area contributed by atoms with Crippen LogP contribution in [0.3, 0.4) is 0 Å². The lowest BCUT2D eigenvalue weighted by Crippen LogP contribution is -2.37. The van der Waals surface area contributed by atoms with Gasteiger partial charge in [0.2, 0.25) is 0 Å². The van der Waals surface area contributed by atoms with Crippen molar-refractivity contribution < 1.29 is 14.8 Å². The summed E-state index contributed by atoms with van der Waals surface area (Å²) in [7, 11) is 0. The van der Waals surface area contributed by atoms with Crippen LogP contribution < -0.4 is 0 Å². The highest BCUT2D eigenvalue weighted by Gasteiger charge is 2.30. The van der Waals surface area contributed by atoms with Crippen molar-refractivity contribution in [3.63, 3.8) is 0 Å². The Balaban J connectivity index is 1.89. The number of nitro groups is 1. The van der Waals surface area contributed by atoms with E-state index in [0.29, 0.717) is 12.2 Å². The number of nitro benzene ring substituents is 1. The van der Waals surface area contributed by atoms with Gasteiger partial charge in [0.1, 0.15) is 5.69 Å². The Morgan fingerprint density at radius 2 is 2.17 bits per heavy atom. The fourth-order valence-corrected chi connectivity index (χ4v) is 2.82. The van der Waals surface area contributed by atoms with Crippen LogP contribution in [-0.4, -0.2) is 49.8 Å². The van der Waals surface area contributed by atoms with Gasteiger partial charge in [-0.3, -0.25) is 14.9 Å². The SMILES string of the molecule is O=C(c1ccn(-c2ccccc2[N+](=O)[O-])n1)N1CCC[C@@H]1CO. The van der Waals surface area contributed by atoms with E-state index in [9.17, 15) is 20.0 Å². The third kappa shape index (κ3) is 2.80.